The summed E-state index contributed by atoms with van der Waals surface area (Å²) >= 11 is 1.62. The van der Waals surface area contributed by atoms with Crippen LogP contribution >= 0.6 is 11.3 Å². The molecule has 1 unspecified atom stereocenters. The molecule has 5 heteroatoms. The van der Waals surface area contributed by atoms with Crippen LogP contribution in [-0.4, -0.2) is 5.91 Å². The van der Waals surface area contributed by atoms with Crippen molar-refractivity contribution >= 4 is 22.9 Å². The van der Waals surface area contributed by atoms with Gasteiger partial charge in [0.25, 0.3) is 5.91 Å². The lowest BCUT2D eigenvalue weighted by Crippen LogP contribution is -2.27. The minimum absolute atomic E-state index is 0.116. The van der Waals surface area contributed by atoms with Gasteiger partial charge in [-0.3, -0.25) is 4.79 Å². The van der Waals surface area contributed by atoms with Crippen LogP contribution in [0.5, 0.6) is 0 Å². The average Bonchev–Trinajstić information content (AvgIpc) is 2.79. The molecule has 3 nitrogen and oxygen atoms in total. The van der Waals surface area contributed by atoms with Gasteiger partial charge >= 0.3 is 0 Å². The van der Waals surface area contributed by atoms with E-state index in [2.05, 4.69) is 5.32 Å². The Kier molecular flexibility index (Phi) is 3.85. The number of aryl methyl sites for hydroxylation is 1. The van der Waals surface area contributed by atoms with E-state index in [-0.39, 0.29) is 23.2 Å². The molecule has 1 amide bonds. The van der Waals surface area contributed by atoms with Gasteiger partial charge in [-0.2, -0.15) is 0 Å². The number of amides is 1. The number of carbonyl (C=O) groups is 1. The molecule has 0 spiro atoms. The molecule has 0 aliphatic carbocycles. The molecular formula is C14H15FN2OS. The molecule has 0 saturated heterocycles. The van der Waals surface area contributed by atoms with Crippen LogP contribution in [0.3, 0.4) is 0 Å². The maximum absolute atomic E-state index is 13.3. The maximum atomic E-state index is 13.3. The summed E-state index contributed by atoms with van der Waals surface area (Å²) in [7, 11) is 0. The van der Waals surface area contributed by atoms with Crippen molar-refractivity contribution in [1.29, 1.82) is 0 Å². The predicted molar refractivity (Wildman–Crippen MR) is 75.7 cm³/mol. The molecule has 2 aromatic rings. The van der Waals surface area contributed by atoms with Crippen LogP contribution < -0.4 is 11.1 Å². The fourth-order valence-electron chi connectivity index (χ4n) is 1.77. The Hall–Kier alpha value is -1.88. The Labute approximate surface area is 115 Å². The fourth-order valence-corrected chi connectivity index (χ4v) is 2.65. The van der Waals surface area contributed by atoms with Crippen molar-refractivity contribution < 1.29 is 9.18 Å². The Morgan fingerprint density at radius 3 is 2.74 bits per heavy atom. The summed E-state index contributed by atoms with van der Waals surface area (Å²) in [6.07, 6.45) is 0. The molecule has 2 rings (SSSR count). The summed E-state index contributed by atoms with van der Waals surface area (Å²) in [5.41, 5.74) is 5.62. The van der Waals surface area contributed by atoms with Crippen LogP contribution in [-0.2, 0) is 0 Å². The molecule has 0 bridgehead atoms. The van der Waals surface area contributed by atoms with E-state index in [0.717, 1.165) is 4.88 Å². The molecule has 0 aliphatic rings. The molecule has 0 saturated carbocycles. The van der Waals surface area contributed by atoms with Gasteiger partial charge in [0.2, 0.25) is 0 Å². The third-order valence-corrected chi connectivity index (χ3v) is 4.02. The number of hydrogen-bond acceptors (Lipinski definition) is 3. The van der Waals surface area contributed by atoms with E-state index in [9.17, 15) is 9.18 Å². The minimum atomic E-state index is -0.577. The normalized spacial score (nSPS) is 12.2. The zero-order valence-corrected chi connectivity index (χ0v) is 11.6. The van der Waals surface area contributed by atoms with Gasteiger partial charge in [0.15, 0.2) is 0 Å². The van der Waals surface area contributed by atoms with E-state index in [1.54, 1.807) is 11.3 Å². The third-order valence-electron chi connectivity index (χ3n) is 2.83. The Morgan fingerprint density at radius 1 is 1.37 bits per heavy atom. The highest BCUT2D eigenvalue weighted by molar-refractivity contribution is 7.12. The second-order valence-corrected chi connectivity index (χ2v) is 5.66. The third kappa shape index (κ3) is 2.93. The standard InChI is InChI=1S/C14H15FN2OS/c1-8-6-7-12(19-8)9(2)17-14(18)10-4-3-5-11(15)13(10)16/h3-7,9H,16H2,1-2H3,(H,17,18). The lowest BCUT2D eigenvalue weighted by atomic mass is 10.1. The molecule has 1 atom stereocenters. The van der Waals surface area contributed by atoms with Crippen LogP contribution in [0.4, 0.5) is 10.1 Å². The van der Waals surface area contributed by atoms with Crippen molar-refractivity contribution in [2.75, 3.05) is 5.73 Å². The van der Waals surface area contributed by atoms with E-state index < -0.39 is 5.82 Å². The molecule has 0 radical (unpaired) electrons. The number of nitrogens with one attached hydrogen (secondary N) is 1. The molecule has 1 heterocycles. The van der Waals surface area contributed by atoms with Crippen LogP contribution in [0, 0.1) is 12.7 Å². The summed E-state index contributed by atoms with van der Waals surface area (Å²) in [4.78, 5) is 14.3. The van der Waals surface area contributed by atoms with Crippen LogP contribution in [0.25, 0.3) is 0 Å². The van der Waals surface area contributed by atoms with Crippen LogP contribution in [0.1, 0.15) is 33.1 Å². The largest absolute Gasteiger partial charge is 0.396 e. The molecule has 100 valence electrons. The number of benzene rings is 1. The summed E-state index contributed by atoms with van der Waals surface area (Å²) < 4.78 is 13.3. The second-order valence-electron chi connectivity index (χ2n) is 4.34. The number of nitrogens with two attached hydrogens (primary N) is 1. The first-order valence-corrected chi connectivity index (χ1v) is 6.72. The SMILES string of the molecule is Cc1ccc(C(C)NC(=O)c2cccc(F)c2N)s1. The first-order chi connectivity index (χ1) is 8.99. The zero-order chi connectivity index (χ0) is 14.0. The van der Waals surface area contributed by atoms with Gasteiger partial charge in [0, 0.05) is 9.75 Å². The number of rotatable bonds is 3. The van der Waals surface area contributed by atoms with Crippen molar-refractivity contribution in [3.8, 4) is 0 Å². The van der Waals surface area contributed by atoms with Crippen LogP contribution in [0.15, 0.2) is 30.3 Å². The maximum Gasteiger partial charge on any atom is 0.253 e. The van der Waals surface area contributed by atoms with Crippen molar-refractivity contribution in [3.63, 3.8) is 0 Å². The summed E-state index contributed by atoms with van der Waals surface area (Å²) in [5, 5.41) is 2.82. The van der Waals surface area contributed by atoms with Crippen molar-refractivity contribution in [2.45, 2.75) is 19.9 Å². The van der Waals surface area contributed by atoms with Gasteiger partial charge in [0.05, 0.1) is 17.3 Å². The number of carbonyl (C=O) groups excluding carboxylic acids is 1. The molecule has 3 N–H and O–H groups in total. The van der Waals surface area contributed by atoms with Gasteiger partial charge in [-0.1, -0.05) is 6.07 Å². The van der Waals surface area contributed by atoms with Crippen molar-refractivity contribution in [3.05, 3.63) is 51.5 Å². The van der Waals surface area contributed by atoms with E-state index in [1.807, 2.05) is 26.0 Å². The molecule has 0 fully saturated rings. The Bertz CT molecular complexity index is 609. The highest BCUT2D eigenvalue weighted by Gasteiger charge is 2.16. The van der Waals surface area contributed by atoms with Gasteiger partial charge in [-0.15, -0.1) is 11.3 Å². The van der Waals surface area contributed by atoms with E-state index in [1.165, 1.54) is 23.1 Å². The van der Waals surface area contributed by atoms with Crippen molar-refractivity contribution in [2.24, 2.45) is 0 Å². The molecule has 0 aliphatic heterocycles. The molecule has 1 aromatic carbocycles. The number of nitrogen functional groups attached to an aromatic ring is 1. The van der Waals surface area contributed by atoms with Crippen LogP contribution in [0.2, 0.25) is 0 Å². The number of anilines is 1. The van der Waals surface area contributed by atoms with Gasteiger partial charge < -0.3 is 11.1 Å². The molecular weight excluding hydrogens is 263 g/mol. The minimum Gasteiger partial charge on any atom is -0.396 e. The summed E-state index contributed by atoms with van der Waals surface area (Å²) in [6, 6.07) is 8.06. The number of halogens is 1. The van der Waals surface area contributed by atoms with Gasteiger partial charge in [-0.05, 0) is 38.1 Å². The fraction of sp³-hybridized carbons (Fsp3) is 0.214. The predicted octanol–water partition coefficient (Wildman–Crippen LogP) is 3.27. The zero-order valence-electron chi connectivity index (χ0n) is 10.7. The number of hydrogen-bond donors (Lipinski definition) is 2. The van der Waals surface area contributed by atoms with Crippen molar-refractivity contribution in [1.82, 2.24) is 5.32 Å². The van der Waals surface area contributed by atoms with Gasteiger partial charge in [-0.25, -0.2) is 4.39 Å². The lowest BCUT2D eigenvalue weighted by Gasteiger charge is -2.13. The highest BCUT2D eigenvalue weighted by Crippen LogP contribution is 2.23. The highest BCUT2D eigenvalue weighted by atomic mass is 32.1. The lowest BCUT2D eigenvalue weighted by molar-refractivity contribution is 0.0941. The van der Waals surface area contributed by atoms with E-state index >= 15 is 0 Å². The quantitative estimate of drug-likeness (QED) is 0.847. The monoisotopic (exact) mass is 278 g/mol. The first kappa shape index (κ1) is 13.5. The van der Waals surface area contributed by atoms with Gasteiger partial charge in [0.1, 0.15) is 5.82 Å². The van der Waals surface area contributed by atoms with E-state index in [4.69, 9.17) is 5.73 Å². The first-order valence-electron chi connectivity index (χ1n) is 5.90. The number of thiophene rings is 1. The summed E-state index contributed by atoms with van der Waals surface area (Å²) in [5.74, 6) is -0.942. The Morgan fingerprint density at radius 2 is 2.11 bits per heavy atom. The average molecular weight is 278 g/mol. The molecule has 1 aromatic heterocycles. The summed E-state index contributed by atoms with van der Waals surface area (Å²) in [6.45, 7) is 3.89. The van der Waals surface area contributed by atoms with E-state index in [0.29, 0.717) is 0 Å². The molecule has 19 heavy (non-hydrogen) atoms. The number of para-hydroxylation sites is 1. The topological polar surface area (TPSA) is 55.1 Å². The Balaban J connectivity index is 2.15. The smallest absolute Gasteiger partial charge is 0.253 e. The second kappa shape index (κ2) is 5.40.